The van der Waals surface area contributed by atoms with E-state index >= 15 is 0 Å². The van der Waals surface area contributed by atoms with E-state index in [2.05, 4.69) is 0 Å². The molecule has 0 spiro atoms. The standard InChI is InChI=1S/Al.Mg.N.O/q+3;+2;-3;-2. The maximum absolute atomic E-state index is 0. The molecule has 0 aliphatic rings. The first-order chi connectivity index (χ1) is 0. The van der Waals surface area contributed by atoms with E-state index in [4.69, 9.17) is 0 Å². The fourth-order valence-electron chi connectivity index (χ4n) is 0. The van der Waals surface area contributed by atoms with Crippen LogP contribution in [-0.4, -0.2) is 40.4 Å². The second-order valence-corrected chi connectivity index (χ2v) is 0. The summed E-state index contributed by atoms with van der Waals surface area (Å²) in [5.74, 6) is 0. The third-order valence-electron chi connectivity index (χ3n) is 0. The summed E-state index contributed by atoms with van der Waals surface area (Å²) in [6.07, 6.45) is 0. The van der Waals surface area contributed by atoms with Gasteiger partial charge in [0.1, 0.15) is 0 Å². The molecule has 0 aromatic rings. The van der Waals surface area contributed by atoms with Gasteiger partial charge >= 0.3 is 40.4 Å². The molecule has 0 N–H and O–H groups in total. The van der Waals surface area contributed by atoms with Crippen molar-refractivity contribution >= 4 is 40.4 Å². The van der Waals surface area contributed by atoms with Gasteiger partial charge in [0.2, 0.25) is 0 Å². The Labute approximate surface area is 52.1 Å². The molecule has 2 nitrogen and oxygen atoms in total. The molecular weight excluding hydrogens is 81.3 g/mol. The molecule has 0 bridgehead atoms. The van der Waals surface area contributed by atoms with Gasteiger partial charge in [-0.3, -0.25) is 0 Å². The number of nitrogens with zero attached hydrogens (tertiary/aromatic N) is 1. The maximum atomic E-state index is 0. The van der Waals surface area contributed by atoms with Crippen LogP contribution in [-0.2, 0) is 5.48 Å². The van der Waals surface area contributed by atoms with Gasteiger partial charge in [-0.15, -0.1) is 0 Å². The van der Waals surface area contributed by atoms with Gasteiger partial charge in [-0.1, -0.05) is 0 Å². The molecule has 0 saturated carbocycles. The van der Waals surface area contributed by atoms with Gasteiger partial charge in [-0.05, 0) is 0 Å². The zero-order chi connectivity index (χ0) is 0. The Morgan fingerprint density at radius 1 is 1.00 bits per heavy atom. The fraction of sp³-hybridized carbons (Fsp3) is 0. The number of hydrogen-bond acceptors (Lipinski definition) is 0. The topological polar surface area (TPSA) is 59.0 Å². The van der Waals surface area contributed by atoms with Crippen molar-refractivity contribution < 1.29 is 5.48 Å². The van der Waals surface area contributed by atoms with E-state index in [9.17, 15) is 0 Å². The smallest absolute Gasteiger partial charge is 3.00 e. The molecule has 0 aliphatic heterocycles. The Hall–Kier alpha value is 1.22. The van der Waals surface area contributed by atoms with Crippen LogP contribution >= 0.6 is 0 Å². The quantitative estimate of drug-likeness (QED) is 0.350. The molecule has 0 heterocycles. The van der Waals surface area contributed by atoms with Crippen molar-refractivity contribution in [3.8, 4) is 0 Å². The summed E-state index contributed by atoms with van der Waals surface area (Å²) in [7, 11) is 0. The van der Waals surface area contributed by atoms with E-state index in [-0.39, 0.29) is 52.0 Å². The van der Waals surface area contributed by atoms with Crippen molar-refractivity contribution in [2.45, 2.75) is 0 Å². The average Bonchev–Trinajstić information content (AvgIpc) is 0. The van der Waals surface area contributed by atoms with Crippen molar-refractivity contribution in [3.63, 3.8) is 0 Å². The second kappa shape index (κ2) is 29.4. The van der Waals surface area contributed by atoms with Gasteiger partial charge in [-0.2, -0.15) is 0 Å². The van der Waals surface area contributed by atoms with E-state index in [1.807, 2.05) is 0 Å². The summed E-state index contributed by atoms with van der Waals surface area (Å²) >= 11 is 0. The zero-order valence-electron chi connectivity index (χ0n) is 2.14. The van der Waals surface area contributed by atoms with Gasteiger partial charge in [-0.25, -0.2) is 0 Å². The molecule has 0 aliphatic carbocycles. The summed E-state index contributed by atoms with van der Waals surface area (Å²) in [6, 6.07) is 0. The first-order valence-electron chi connectivity index (χ1n) is 0. The Morgan fingerprint density at radius 2 is 1.00 bits per heavy atom. The minimum Gasteiger partial charge on any atom is -3.00 e. The van der Waals surface area contributed by atoms with E-state index < -0.39 is 0 Å². The summed E-state index contributed by atoms with van der Waals surface area (Å²) in [6.45, 7) is 0. The Bertz CT molecular complexity index is 8.00. The normalized spacial score (nSPS) is 0. The number of rotatable bonds is 0. The molecule has 4 heavy (non-hydrogen) atoms. The summed E-state index contributed by atoms with van der Waals surface area (Å²) in [5, 5.41) is 0. The molecule has 0 saturated heterocycles. The van der Waals surface area contributed by atoms with Crippen molar-refractivity contribution in [2.75, 3.05) is 0 Å². The number of hydrogen-bond donors (Lipinski definition) is 0. The third kappa shape index (κ3) is 10.7. The monoisotopic (exact) mass is 81.0 g/mol. The Morgan fingerprint density at radius 3 is 1.00 bits per heavy atom. The van der Waals surface area contributed by atoms with Crippen LogP contribution in [0, 0.1) is 0 Å². The minimum atomic E-state index is 0. The maximum Gasteiger partial charge on any atom is 3.00 e. The summed E-state index contributed by atoms with van der Waals surface area (Å²) in [4.78, 5) is 0. The largest absolute Gasteiger partial charge is 3.00 e. The van der Waals surface area contributed by atoms with Gasteiger partial charge in [0.25, 0.3) is 0 Å². The van der Waals surface area contributed by atoms with Crippen molar-refractivity contribution in [2.24, 2.45) is 0 Å². The molecule has 0 radical (unpaired) electrons. The van der Waals surface area contributed by atoms with Crippen LogP contribution in [0.4, 0.5) is 0 Å². The first-order valence-corrected chi connectivity index (χ1v) is 0. The molecule has 0 rings (SSSR count). The average molecular weight is 81.3 g/mol. The van der Waals surface area contributed by atoms with Gasteiger partial charge in [0, 0.05) is 0 Å². The van der Waals surface area contributed by atoms with Gasteiger partial charge in [0.15, 0.2) is 0 Å². The fourth-order valence-corrected chi connectivity index (χ4v) is 0. The molecule has 16 valence electrons. The molecule has 0 unspecified atom stereocenters. The molecule has 0 amide bonds. The molecule has 0 aromatic heterocycles. The summed E-state index contributed by atoms with van der Waals surface area (Å²) < 4.78 is 0. The van der Waals surface area contributed by atoms with Crippen LogP contribution in [0.2, 0.25) is 0 Å². The third-order valence-corrected chi connectivity index (χ3v) is 0. The van der Waals surface area contributed by atoms with Gasteiger partial charge < -0.3 is 11.6 Å². The minimum absolute atomic E-state index is 0. The van der Waals surface area contributed by atoms with Crippen LogP contribution in [0.5, 0.6) is 0 Å². The van der Waals surface area contributed by atoms with E-state index in [0.29, 0.717) is 0 Å². The van der Waals surface area contributed by atoms with E-state index in [1.165, 1.54) is 0 Å². The Balaban J connectivity index is 0. The van der Waals surface area contributed by atoms with Crippen molar-refractivity contribution in [1.82, 2.24) is 0 Å². The predicted octanol–water partition coefficient (Wildman–Crippen LogP) is -0.592. The SMILES string of the molecule is [Al+3].[Mg+2].[N-3].[O-2]. The molecular formula is AlMgNO. The van der Waals surface area contributed by atoms with Gasteiger partial charge in [0.05, 0.1) is 0 Å². The van der Waals surface area contributed by atoms with Crippen molar-refractivity contribution in [3.05, 3.63) is 6.15 Å². The van der Waals surface area contributed by atoms with E-state index in [0.717, 1.165) is 0 Å². The predicted molar refractivity (Wildman–Crippen MR) is 15.6 cm³/mol. The molecule has 4 heteroatoms. The van der Waals surface area contributed by atoms with Crippen LogP contribution in [0.3, 0.4) is 0 Å². The first kappa shape index (κ1) is 62.5. The molecule has 0 aromatic carbocycles. The van der Waals surface area contributed by atoms with Crippen LogP contribution < -0.4 is 0 Å². The Kier molecular flexibility index (Phi) is 460. The molecule has 0 atom stereocenters. The van der Waals surface area contributed by atoms with Crippen LogP contribution in [0.25, 0.3) is 6.15 Å². The van der Waals surface area contributed by atoms with Crippen LogP contribution in [0.15, 0.2) is 0 Å². The van der Waals surface area contributed by atoms with Crippen LogP contribution in [0.1, 0.15) is 0 Å². The van der Waals surface area contributed by atoms with Crippen molar-refractivity contribution in [1.29, 1.82) is 0 Å². The molecule has 0 fully saturated rings. The zero-order valence-corrected chi connectivity index (χ0v) is 4.71. The van der Waals surface area contributed by atoms with E-state index in [1.54, 1.807) is 0 Å². The second-order valence-electron chi connectivity index (χ2n) is 0. The summed E-state index contributed by atoms with van der Waals surface area (Å²) in [5.41, 5.74) is 0.